The molecule has 1 aromatic rings. The van der Waals surface area contributed by atoms with Gasteiger partial charge in [-0.1, -0.05) is 12.1 Å². The van der Waals surface area contributed by atoms with Crippen molar-refractivity contribution in [2.75, 3.05) is 26.8 Å². The summed E-state index contributed by atoms with van der Waals surface area (Å²) in [6.07, 6.45) is 0.880. The maximum atomic E-state index is 9.56. The van der Waals surface area contributed by atoms with Crippen molar-refractivity contribution in [1.82, 2.24) is 5.32 Å². The molecule has 0 saturated carbocycles. The van der Waals surface area contributed by atoms with Crippen molar-refractivity contribution in [2.45, 2.75) is 18.9 Å². The third-order valence-electron chi connectivity index (χ3n) is 2.60. The summed E-state index contributed by atoms with van der Waals surface area (Å²) in [5.74, 6) is 0.852. The van der Waals surface area contributed by atoms with E-state index in [1.54, 1.807) is 14.0 Å². The van der Waals surface area contributed by atoms with Crippen LogP contribution < -0.4 is 10.1 Å². The van der Waals surface area contributed by atoms with Crippen molar-refractivity contribution < 1.29 is 14.9 Å². The van der Waals surface area contributed by atoms with Crippen LogP contribution in [0.1, 0.15) is 12.5 Å². The molecule has 0 aliphatic carbocycles. The normalized spacial score (nSPS) is 14.4. The number of hydrogen-bond acceptors (Lipinski definition) is 4. The Kier molecular flexibility index (Phi) is 5.41. The first kappa shape index (κ1) is 14.0. The molecule has 4 heteroatoms. The lowest BCUT2D eigenvalue weighted by molar-refractivity contribution is 0.00299. The summed E-state index contributed by atoms with van der Waals surface area (Å²) in [4.78, 5) is 0. The van der Waals surface area contributed by atoms with Crippen molar-refractivity contribution in [3.05, 3.63) is 29.8 Å². The third kappa shape index (κ3) is 5.17. The Morgan fingerprint density at radius 3 is 2.47 bits per heavy atom. The van der Waals surface area contributed by atoms with Gasteiger partial charge in [0.15, 0.2) is 0 Å². The summed E-state index contributed by atoms with van der Waals surface area (Å²) in [5, 5.41) is 21.5. The molecule has 0 saturated heterocycles. The SMILES string of the molecule is COc1ccc(CCNCC(C)(O)CO)cc1. The molecule has 0 aliphatic heterocycles. The van der Waals surface area contributed by atoms with Crippen molar-refractivity contribution in [3.63, 3.8) is 0 Å². The highest BCUT2D eigenvalue weighted by molar-refractivity contribution is 5.27. The average Bonchev–Trinajstić information content (AvgIpc) is 2.35. The van der Waals surface area contributed by atoms with Crippen molar-refractivity contribution >= 4 is 0 Å². The summed E-state index contributed by atoms with van der Waals surface area (Å²) in [7, 11) is 1.65. The zero-order chi connectivity index (χ0) is 12.7. The summed E-state index contributed by atoms with van der Waals surface area (Å²) < 4.78 is 5.08. The van der Waals surface area contributed by atoms with Crippen LogP contribution in [0.25, 0.3) is 0 Å². The van der Waals surface area contributed by atoms with Gasteiger partial charge < -0.3 is 20.3 Å². The Balaban J connectivity index is 2.26. The summed E-state index contributed by atoms with van der Waals surface area (Å²) in [6.45, 7) is 2.53. The van der Waals surface area contributed by atoms with E-state index in [1.165, 1.54) is 5.56 Å². The third-order valence-corrected chi connectivity index (χ3v) is 2.60. The lowest BCUT2D eigenvalue weighted by Crippen LogP contribution is -2.41. The second-order valence-corrected chi connectivity index (χ2v) is 4.43. The smallest absolute Gasteiger partial charge is 0.118 e. The Morgan fingerprint density at radius 2 is 1.94 bits per heavy atom. The minimum atomic E-state index is -1.04. The molecule has 0 amide bonds. The minimum absolute atomic E-state index is 0.234. The van der Waals surface area contributed by atoms with Crippen LogP contribution in [0.5, 0.6) is 5.75 Å². The largest absolute Gasteiger partial charge is 0.497 e. The van der Waals surface area contributed by atoms with E-state index in [1.807, 2.05) is 24.3 Å². The molecule has 0 spiro atoms. The Hall–Kier alpha value is -1.10. The number of ether oxygens (including phenoxy) is 1. The van der Waals surface area contributed by atoms with Gasteiger partial charge in [-0.15, -0.1) is 0 Å². The molecule has 0 heterocycles. The molecule has 0 fully saturated rings. The molecule has 3 N–H and O–H groups in total. The van der Waals surface area contributed by atoms with E-state index in [4.69, 9.17) is 9.84 Å². The first-order valence-electron chi connectivity index (χ1n) is 5.74. The average molecular weight is 239 g/mol. The van der Waals surface area contributed by atoms with Gasteiger partial charge in [0.25, 0.3) is 0 Å². The van der Waals surface area contributed by atoms with Gasteiger partial charge in [0, 0.05) is 6.54 Å². The zero-order valence-electron chi connectivity index (χ0n) is 10.4. The van der Waals surface area contributed by atoms with E-state index in [0.29, 0.717) is 6.54 Å². The fraction of sp³-hybridized carbons (Fsp3) is 0.538. The predicted molar refractivity (Wildman–Crippen MR) is 67.3 cm³/mol. The fourth-order valence-electron chi connectivity index (χ4n) is 1.44. The molecule has 4 nitrogen and oxygen atoms in total. The van der Waals surface area contributed by atoms with Gasteiger partial charge in [-0.05, 0) is 37.6 Å². The van der Waals surface area contributed by atoms with E-state index < -0.39 is 5.60 Å². The van der Waals surface area contributed by atoms with E-state index in [2.05, 4.69) is 5.32 Å². The second-order valence-electron chi connectivity index (χ2n) is 4.43. The first-order valence-corrected chi connectivity index (χ1v) is 5.74. The van der Waals surface area contributed by atoms with Crippen molar-refractivity contribution in [3.8, 4) is 5.75 Å². The van der Waals surface area contributed by atoms with Crippen LogP contribution in [0.4, 0.5) is 0 Å². The van der Waals surface area contributed by atoms with Gasteiger partial charge >= 0.3 is 0 Å². The summed E-state index contributed by atoms with van der Waals surface area (Å²) in [5.41, 5.74) is 0.168. The van der Waals surface area contributed by atoms with E-state index in [0.717, 1.165) is 18.7 Å². The van der Waals surface area contributed by atoms with Crippen molar-refractivity contribution in [1.29, 1.82) is 0 Å². The molecule has 0 radical (unpaired) electrons. The Bertz CT molecular complexity index is 322. The molecular weight excluding hydrogens is 218 g/mol. The van der Waals surface area contributed by atoms with Gasteiger partial charge in [-0.2, -0.15) is 0 Å². The number of nitrogens with one attached hydrogen (secondary N) is 1. The van der Waals surface area contributed by atoms with Crippen LogP contribution in [0.3, 0.4) is 0 Å². The molecule has 0 aromatic heterocycles. The second kappa shape index (κ2) is 6.59. The molecule has 1 aromatic carbocycles. The molecule has 17 heavy (non-hydrogen) atoms. The van der Waals surface area contributed by atoms with Gasteiger partial charge in [0.1, 0.15) is 5.75 Å². The highest BCUT2D eigenvalue weighted by atomic mass is 16.5. The molecule has 0 bridgehead atoms. The number of hydrogen-bond donors (Lipinski definition) is 3. The van der Waals surface area contributed by atoms with Crippen LogP contribution in [0.2, 0.25) is 0 Å². The standard InChI is InChI=1S/C13H21NO3/c1-13(16,10-15)9-14-8-7-11-3-5-12(17-2)6-4-11/h3-6,14-16H,7-10H2,1-2H3. The number of aliphatic hydroxyl groups is 2. The Labute approximate surface area is 102 Å². The number of methoxy groups -OCH3 is 1. The summed E-state index contributed by atoms with van der Waals surface area (Å²) in [6, 6.07) is 7.90. The van der Waals surface area contributed by atoms with Crippen molar-refractivity contribution in [2.24, 2.45) is 0 Å². The zero-order valence-corrected chi connectivity index (χ0v) is 10.4. The molecule has 1 atom stereocenters. The predicted octanol–water partition coefficient (Wildman–Crippen LogP) is 0.571. The lowest BCUT2D eigenvalue weighted by atomic mass is 10.1. The van der Waals surface area contributed by atoms with Gasteiger partial charge in [0.05, 0.1) is 19.3 Å². The van der Waals surface area contributed by atoms with Gasteiger partial charge in [-0.3, -0.25) is 0 Å². The maximum absolute atomic E-state index is 9.56. The molecular formula is C13H21NO3. The first-order chi connectivity index (χ1) is 8.07. The van der Waals surface area contributed by atoms with Crippen LogP contribution in [0, 0.1) is 0 Å². The summed E-state index contributed by atoms with van der Waals surface area (Å²) >= 11 is 0. The maximum Gasteiger partial charge on any atom is 0.118 e. The monoisotopic (exact) mass is 239 g/mol. The van der Waals surface area contributed by atoms with Crippen LogP contribution in [-0.4, -0.2) is 42.6 Å². The van der Waals surface area contributed by atoms with E-state index >= 15 is 0 Å². The van der Waals surface area contributed by atoms with Crippen LogP contribution in [-0.2, 0) is 6.42 Å². The minimum Gasteiger partial charge on any atom is -0.497 e. The number of benzene rings is 1. The number of rotatable bonds is 7. The molecule has 96 valence electrons. The highest BCUT2D eigenvalue weighted by Gasteiger charge is 2.17. The van der Waals surface area contributed by atoms with Gasteiger partial charge in [-0.25, -0.2) is 0 Å². The number of aliphatic hydroxyl groups excluding tert-OH is 1. The van der Waals surface area contributed by atoms with E-state index in [9.17, 15) is 5.11 Å². The fourth-order valence-corrected chi connectivity index (χ4v) is 1.44. The molecule has 1 unspecified atom stereocenters. The highest BCUT2D eigenvalue weighted by Crippen LogP contribution is 2.11. The van der Waals surface area contributed by atoms with Gasteiger partial charge in [0.2, 0.25) is 0 Å². The quantitative estimate of drug-likeness (QED) is 0.609. The van der Waals surface area contributed by atoms with Crippen LogP contribution in [0.15, 0.2) is 24.3 Å². The molecule has 1 rings (SSSR count). The van der Waals surface area contributed by atoms with E-state index in [-0.39, 0.29) is 6.61 Å². The lowest BCUT2D eigenvalue weighted by Gasteiger charge is -2.20. The molecule has 0 aliphatic rings. The van der Waals surface area contributed by atoms with Crippen LogP contribution >= 0.6 is 0 Å². The topological polar surface area (TPSA) is 61.7 Å². The Morgan fingerprint density at radius 1 is 1.29 bits per heavy atom.